The molecule has 2 aromatic carbocycles. The zero-order chi connectivity index (χ0) is 18.5. The lowest BCUT2D eigenvalue weighted by atomic mass is 10.1. The first-order valence-corrected chi connectivity index (χ1v) is 8.47. The van der Waals surface area contributed by atoms with Gasteiger partial charge in [-0.15, -0.1) is 0 Å². The maximum absolute atomic E-state index is 12.6. The average molecular weight is 350 g/mol. The number of ether oxygens (including phenoxy) is 2. The number of amides is 1. The molecule has 0 unspecified atom stereocenters. The lowest BCUT2D eigenvalue weighted by Crippen LogP contribution is -2.26. The molecule has 1 N–H and O–H groups in total. The van der Waals surface area contributed by atoms with Gasteiger partial charge in [-0.05, 0) is 55.3 Å². The summed E-state index contributed by atoms with van der Waals surface area (Å²) in [6, 6.07) is 15.3. The smallest absolute Gasteiger partial charge is 0.253 e. The van der Waals surface area contributed by atoms with Crippen LogP contribution in [-0.2, 0) is 6.42 Å². The lowest BCUT2D eigenvalue weighted by molar-refractivity contribution is 0.0953. The third kappa shape index (κ3) is 3.94. The van der Waals surface area contributed by atoms with Crippen LogP contribution in [0.25, 0.3) is 10.9 Å². The van der Waals surface area contributed by atoms with Crippen LogP contribution in [0.15, 0.2) is 48.5 Å². The van der Waals surface area contributed by atoms with Crippen LogP contribution in [0.5, 0.6) is 11.5 Å². The Morgan fingerprint density at radius 2 is 1.69 bits per heavy atom. The second-order valence-electron chi connectivity index (χ2n) is 6.03. The molecule has 3 rings (SSSR count). The molecule has 1 amide bonds. The van der Waals surface area contributed by atoms with Crippen LogP contribution >= 0.6 is 0 Å². The number of benzene rings is 2. The van der Waals surface area contributed by atoms with Crippen molar-refractivity contribution in [2.75, 3.05) is 20.8 Å². The fourth-order valence-corrected chi connectivity index (χ4v) is 2.82. The Morgan fingerprint density at radius 1 is 1.00 bits per heavy atom. The number of rotatable bonds is 6. The highest BCUT2D eigenvalue weighted by Crippen LogP contribution is 2.22. The predicted molar refractivity (Wildman–Crippen MR) is 102 cm³/mol. The van der Waals surface area contributed by atoms with E-state index in [0.29, 0.717) is 17.8 Å². The van der Waals surface area contributed by atoms with Gasteiger partial charge >= 0.3 is 0 Å². The molecule has 0 spiro atoms. The van der Waals surface area contributed by atoms with Gasteiger partial charge in [0.2, 0.25) is 0 Å². The molecular weight excluding hydrogens is 328 g/mol. The molecule has 0 atom stereocenters. The number of carbonyl (C=O) groups is 1. The first-order chi connectivity index (χ1) is 12.6. The molecule has 0 saturated heterocycles. The number of carbonyl (C=O) groups excluding carboxylic acids is 1. The summed E-state index contributed by atoms with van der Waals surface area (Å²) in [7, 11) is 3.26. The molecule has 134 valence electrons. The second kappa shape index (κ2) is 7.87. The Morgan fingerprint density at radius 3 is 2.38 bits per heavy atom. The molecule has 0 fully saturated rings. The minimum absolute atomic E-state index is 0.117. The van der Waals surface area contributed by atoms with Crippen molar-refractivity contribution in [3.63, 3.8) is 0 Å². The Balaban J connectivity index is 1.69. The number of fused-ring (bicyclic) bond motifs is 1. The molecule has 0 aliphatic heterocycles. The number of aromatic nitrogens is 1. The summed E-state index contributed by atoms with van der Waals surface area (Å²) in [4.78, 5) is 17.1. The Labute approximate surface area is 153 Å². The summed E-state index contributed by atoms with van der Waals surface area (Å²) in [5, 5.41) is 3.85. The summed E-state index contributed by atoms with van der Waals surface area (Å²) in [5.41, 5.74) is 3.28. The molecule has 5 nitrogen and oxygen atoms in total. The van der Waals surface area contributed by atoms with Crippen LogP contribution < -0.4 is 14.8 Å². The first kappa shape index (κ1) is 17.7. The molecule has 0 saturated carbocycles. The molecule has 5 heteroatoms. The largest absolute Gasteiger partial charge is 0.497 e. The van der Waals surface area contributed by atoms with Gasteiger partial charge in [-0.2, -0.15) is 0 Å². The number of aryl methyl sites for hydroxylation is 1. The van der Waals surface area contributed by atoms with Crippen LogP contribution in [0.2, 0.25) is 0 Å². The van der Waals surface area contributed by atoms with Crippen LogP contribution in [-0.4, -0.2) is 31.7 Å². The molecule has 0 bridgehead atoms. The maximum atomic E-state index is 12.6. The van der Waals surface area contributed by atoms with Crippen molar-refractivity contribution in [1.29, 1.82) is 0 Å². The minimum atomic E-state index is -0.117. The quantitative estimate of drug-likeness (QED) is 0.739. The van der Waals surface area contributed by atoms with E-state index >= 15 is 0 Å². The van der Waals surface area contributed by atoms with Gasteiger partial charge in [0, 0.05) is 11.9 Å². The van der Waals surface area contributed by atoms with E-state index in [1.54, 1.807) is 14.2 Å². The van der Waals surface area contributed by atoms with E-state index in [-0.39, 0.29) is 5.91 Å². The van der Waals surface area contributed by atoms with Crippen molar-refractivity contribution in [3.05, 3.63) is 65.4 Å². The Bertz CT molecular complexity index is 920. The number of hydrogen-bond acceptors (Lipinski definition) is 4. The number of hydrogen-bond donors (Lipinski definition) is 1. The van der Waals surface area contributed by atoms with Gasteiger partial charge < -0.3 is 14.8 Å². The maximum Gasteiger partial charge on any atom is 0.253 e. The number of pyridine rings is 1. The van der Waals surface area contributed by atoms with Gasteiger partial charge in [0.1, 0.15) is 11.5 Å². The van der Waals surface area contributed by atoms with Gasteiger partial charge in [0.15, 0.2) is 0 Å². The van der Waals surface area contributed by atoms with Crippen molar-refractivity contribution in [2.45, 2.75) is 13.3 Å². The van der Waals surface area contributed by atoms with E-state index in [1.807, 2.05) is 55.5 Å². The van der Waals surface area contributed by atoms with Crippen molar-refractivity contribution < 1.29 is 14.3 Å². The average Bonchev–Trinajstić information content (AvgIpc) is 2.67. The fourth-order valence-electron chi connectivity index (χ4n) is 2.82. The molecule has 1 heterocycles. The molecule has 0 aliphatic carbocycles. The molecule has 3 aromatic rings. The molecule has 26 heavy (non-hydrogen) atoms. The van der Waals surface area contributed by atoms with E-state index in [4.69, 9.17) is 9.47 Å². The Kier molecular flexibility index (Phi) is 5.37. The monoisotopic (exact) mass is 350 g/mol. The summed E-state index contributed by atoms with van der Waals surface area (Å²) >= 11 is 0. The summed E-state index contributed by atoms with van der Waals surface area (Å²) in [5.74, 6) is 1.45. The summed E-state index contributed by atoms with van der Waals surface area (Å²) < 4.78 is 10.4. The lowest BCUT2D eigenvalue weighted by Gasteiger charge is -2.10. The van der Waals surface area contributed by atoms with Gasteiger partial charge in [0.05, 0.1) is 31.0 Å². The predicted octanol–water partition coefficient (Wildman–Crippen LogP) is 3.53. The van der Waals surface area contributed by atoms with Crippen molar-refractivity contribution in [2.24, 2.45) is 0 Å². The van der Waals surface area contributed by atoms with Gasteiger partial charge in [-0.25, -0.2) is 0 Å². The highest BCUT2D eigenvalue weighted by atomic mass is 16.5. The Hall–Kier alpha value is -3.08. The van der Waals surface area contributed by atoms with Gasteiger partial charge in [-0.3, -0.25) is 9.78 Å². The minimum Gasteiger partial charge on any atom is -0.497 e. The highest BCUT2D eigenvalue weighted by molar-refractivity contribution is 5.98. The second-order valence-corrected chi connectivity index (χ2v) is 6.03. The van der Waals surface area contributed by atoms with E-state index in [0.717, 1.165) is 34.4 Å². The van der Waals surface area contributed by atoms with Crippen LogP contribution in [0.1, 0.15) is 21.6 Å². The molecule has 0 radical (unpaired) electrons. The van der Waals surface area contributed by atoms with Gasteiger partial charge in [-0.1, -0.05) is 12.1 Å². The molecular formula is C21H22N2O3. The van der Waals surface area contributed by atoms with Crippen LogP contribution in [0.3, 0.4) is 0 Å². The zero-order valence-electron chi connectivity index (χ0n) is 15.2. The van der Waals surface area contributed by atoms with Crippen molar-refractivity contribution in [1.82, 2.24) is 10.3 Å². The topological polar surface area (TPSA) is 60.5 Å². The van der Waals surface area contributed by atoms with E-state index in [1.165, 1.54) is 0 Å². The number of nitrogens with one attached hydrogen (secondary N) is 1. The SMILES string of the molecule is COc1ccc(CCNC(=O)c2cc3cc(OC)ccc3nc2C)cc1. The van der Waals surface area contributed by atoms with Crippen molar-refractivity contribution >= 4 is 16.8 Å². The third-order valence-electron chi connectivity index (χ3n) is 4.32. The van der Waals surface area contributed by atoms with E-state index in [2.05, 4.69) is 10.3 Å². The van der Waals surface area contributed by atoms with Crippen LogP contribution in [0, 0.1) is 6.92 Å². The van der Waals surface area contributed by atoms with Gasteiger partial charge in [0.25, 0.3) is 5.91 Å². The third-order valence-corrected chi connectivity index (χ3v) is 4.32. The van der Waals surface area contributed by atoms with Crippen LogP contribution in [0.4, 0.5) is 0 Å². The first-order valence-electron chi connectivity index (χ1n) is 8.47. The number of methoxy groups -OCH3 is 2. The normalized spacial score (nSPS) is 10.6. The standard InChI is InChI=1S/C21H22N2O3/c1-14-19(13-16-12-18(26-3)8-9-20(16)23-14)21(24)22-11-10-15-4-6-17(25-2)7-5-15/h4-9,12-13H,10-11H2,1-3H3,(H,22,24). The molecule has 1 aromatic heterocycles. The molecule has 0 aliphatic rings. The number of nitrogens with zero attached hydrogens (tertiary/aromatic N) is 1. The summed E-state index contributed by atoms with van der Waals surface area (Å²) in [6.07, 6.45) is 0.754. The van der Waals surface area contributed by atoms with E-state index < -0.39 is 0 Å². The highest BCUT2D eigenvalue weighted by Gasteiger charge is 2.12. The van der Waals surface area contributed by atoms with E-state index in [9.17, 15) is 4.79 Å². The summed E-state index contributed by atoms with van der Waals surface area (Å²) in [6.45, 7) is 2.41. The fraction of sp³-hybridized carbons (Fsp3) is 0.238. The zero-order valence-corrected chi connectivity index (χ0v) is 15.2. The van der Waals surface area contributed by atoms with Crippen molar-refractivity contribution in [3.8, 4) is 11.5 Å².